The van der Waals surface area contributed by atoms with Gasteiger partial charge in [-0.3, -0.25) is 14.3 Å². The Hall–Kier alpha value is -2.34. The van der Waals surface area contributed by atoms with Gasteiger partial charge in [0.15, 0.2) is 5.69 Å². The molecule has 28 heavy (non-hydrogen) atoms. The lowest BCUT2D eigenvalue weighted by Gasteiger charge is -2.27. The zero-order chi connectivity index (χ0) is 19.3. The maximum Gasteiger partial charge on any atom is 0.272 e. The summed E-state index contributed by atoms with van der Waals surface area (Å²) < 4.78 is 1.66. The van der Waals surface area contributed by atoms with Crippen molar-refractivity contribution < 1.29 is 9.59 Å². The molecule has 2 amide bonds. The minimum atomic E-state index is -0.156. The van der Waals surface area contributed by atoms with Crippen LogP contribution < -0.4 is 5.32 Å². The second-order valence-corrected chi connectivity index (χ2v) is 8.68. The number of nitrogens with one attached hydrogen (secondary N) is 1. The highest BCUT2D eigenvalue weighted by Gasteiger charge is 2.40. The highest BCUT2D eigenvalue weighted by Crippen LogP contribution is 2.44. The van der Waals surface area contributed by atoms with Crippen LogP contribution in [0.4, 0.5) is 0 Å². The number of aromatic nitrogens is 2. The van der Waals surface area contributed by atoms with E-state index in [0.29, 0.717) is 42.0 Å². The molecule has 146 valence electrons. The first-order chi connectivity index (χ1) is 13.6. The zero-order valence-electron chi connectivity index (χ0n) is 15.6. The molecule has 0 radical (unpaired) electrons. The van der Waals surface area contributed by atoms with Gasteiger partial charge in [0.1, 0.15) is 5.69 Å². The molecule has 0 spiro atoms. The van der Waals surface area contributed by atoms with E-state index >= 15 is 0 Å². The fourth-order valence-corrected chi connectivity index (χ4v) is 5.10. The van der Waals surface area contributed by atoms with Crippen LogP contribution in [-0.4, -0.2) is 39.1 Å². The molecule has 2 bridgehead atoms. The highest BCUT2D eigenvalue weighted by atomic mass is 35.5. The number of hydrogen-bond donors (Lipinski definition) is 1. The van der Waals surface area contributed by atoms with Crippen molar-refractivity contribution in [1.82, 2.24) is 20.0 Å². The third-order valence-corrected chi connectivity index (χ3v) is 6.69. The maximum absolute atomic E-state index is 12.9. The number of nitrogens with zero attached hydrogens (tertiary/aromatic N) is 3. The molecule has 0 saturated heterocycles. The van der Waals surface area contributed by atoms with E-state index in [1.807, 2.05) is 24.3 Å². The van der Waals surface area contributed by atoms with Gasteiger partial charge in [0, 0.05) is 30.2 Å². The Morgan fingerprint density at radius 1 is 1.18 bits per heavy atom. The molecule has 2 heterocycles. The Bertz CT molecular complexity index is 923. The van der Waals surface area contributed by atoms with E-state index in [1.165, 1.54) is 19.3 Å². The average Bonchev–Trinajstić information content (AvgIpc) is 3.41. The van der Waals surface area contributed by atoms with Gasteiger partial charge in [0.2, 0.25) is 0 Å². The van der Waals surface area contributed by atoms with E-state index in [4.69, 9.17) is 11.6 Å². The average molecular weight is 399 g/mol. The van der Waals surface area contributed by atoms with Gasteiger partial charge in [0.05, 0.1) is 6.54 Å². The second-order valence-electron chi connectivity index (χ2n) is 8.25. The van der Waals surface area contributed by atoms with Crippen LogP contribution in [0, 0.1) is 11.8 Å². The number of carbonyl (C=O) groups is 2. The van der Waals surface area contributed by atoms with Gasteiger partial charge in [-0.1, -0.05) is 30.2 Å². The molecule has 7 heteroatoms. The first-order valence-corrected chi connectivity index (χ1v) is 10.4. The predicted octanol–water partition coefficient (Wildman–Crippen LogP) is 3.11. The highest BCUT2D eigenvalue weighted by molar-refractivity contribution is 6.30. The van der Waals surface area contributed by atoms with Crippen LogP contribution in [-0.2, 0) is 13.1 Å². The van der Waals surface area contributed by atoms with Crippen molar-refractivity contribution >= 4 is 23.4 Å². The molecule has 2 aliphatic carbocycles. The van der Waals surface area contributed by atoms with E-state index in [1.54, 1.807) is 15.6 Å². The molecular formula is C21H23ClN4O2. The molecule has 2 aromatic rings. The number of carbonyl (C=O) groups excluding carboxylic acids is 2. The number of fused-ring (bicyclic) bond motifs is 3. The van der Waals surface area contributed by atoms with E-state index < -0.39 is 0 Å². The second kappa shape index (κ2) is 6.92. The van der Waals surface area contributed by atoms with Crippen molar-refractivity contribution in [2.75, 3.05) is 6.54 Å². The topological polar surface area (TPSA) is 67.2 Å². The first kappa shape index (κ1) is 17.7. The summed E-state index contributed by atoms with van der Waals surface area (Å²) in [6.45, 7) is 1.69. The Labute approximate surface area is 168 Å². The van der Waals surface area contributed by atoms with Gasteiger partial charge in [-0.25, -0.2) is 0 Å². The number of halogens is 1. The van der Waals surface area contributed by atoms with Crippen molar-refractivity contribution in [3.63, 3.8) is 0 Å². The summed E-state index contributed by atoms with van der Waals surface area (Å²) in [6.07, 6.45) is 4.84. The van der Waals surface area contributed by atoms with Crippen LogP contribution in [0.3, 0.4) is 0 Å². The molecule has 1 N–H and O–H groups in total. The van der Waals surface area contributed by atoms with Crippen molar-refractivity contribution in [1.29, 1.82) is 0 Å². The van der Waals surface area contributed by atoms with E-state index in [0.717, 1.165) is 17.9 Å². The van der Waals surface area contributed by atoms with Crippen molar-refractivity contribution in [3.8, 4) is 0 Å². The van der Waals surface area contributed by atoms with Crippen LogP contribution >= 0.6 is 11.6 Å². The summed E-state index contributed by atoms with van der Waals surface area (Å²) in [5.74, 6) is 1.14. The monoisotopic (exact) mass is 398 g/mol. The minimum absolute atomic E-state index is 0.0901. The SMILES string of the molecule is O=C(NC1CC2CCC1C2)c1cc2n(n1)CCN(Cc1ccc(Cl)cc1)C2=O. The van der Waals surface area contributed by atoms with Gasteiger partial charge in [-0.15, -0.1) is 0 Å². The lowest BCUT2D eigenvalue weighted by molar-refractivity contribution is 0.0683. The standard InChI is InChI=1S/C21H23ClN4O2/c22-16-5-2-13(3-6-16)12-25-7-8-26-19(21(25)28)11-18(24-26)20(27)23-17-10-14-1-4-15(17)9-14/h2-3,5-6,11,14-15,17H,1,4,7-10,12H2,(H,23,27). The number of rotatable bonds is 4. The first-order valence-electron chi connectivity index (χ1n) is 9.99. The van der Waals surface area contributed by atoms with Gasteiger partial charge in [0.25, 0.3) is 11.8 Å². The molecule has 6 nitrogen and oxygen atoms in total. The molecule has 3 atom stereocenters. The van der Waals surface area contributed by atoms with E-state index in [9.17, 15) is 9.59 Å². The predicted molar refractivity (Wildman–Crippen MR) is 105 cm³/mol. The van der Waals surface area contributed by atoms with Gasteiger partial charge in [-0.2, -0.15) is 5.10 Å². The van der Waals surface area contributed by atoms with E-state index in [-0.39, 0.29) is 17.9 Å². The van der Waals surface area contributed by atoms with Crippen molar-refractivity contribution in [2.24, 2.45) is 11.8 Å². The Morgan fingerprint density at radius 3 is 2.71 bits per heavy atom. The molecule has 3 unspecified atom stereocenters. The molecule has 2 saturated carbocycles. The largest absolute Gasteiger partial charge is 0.348 e. The summed E-state index contributed by atoms with van der Waals surface area (Å²) >= 11 is 5.93. The quantitative estimate of drug-likeness (QED) is 0.860. The van der Waals surface area contributed by atoms with Crippen molar-refractivity contribution in [2.45, 2.75) is 44.8 Å². The zero-order valence-corrected chi connectivity index (χ0v) is 16.4. The smallest absolute Gasteiger partial charge is 0.272 e. The lowest BCUT2D eigenvalue weighted by atomic mass is 9.95. The maximum atomic E-state index is 12.9. The van der Waals surface area contributed by atoms with Crippen LogP contribution in [0.1, 0.15) is 52.2 Å². The molecule has 1 aromatic carbocycles. The molecule has 3 aliphatic rings. The van der Waals surface area contributed by atoms with Crippen LogP contribution in [0.5, 0.6) is 0 Å². The van der Waals surface area contributed by atoms with Crippen LogP contribution in [0.25, 0.3) is 0 Å². The number of benzene rings is 1. The summed E-state index contributed by atoms with van der Waals surface area (Å²) in [4.78, 5) is 27.4. The van der Waals surface area contributed by atoms with Crippen molar-refractivity contribution in [3.05, 3.63) is 52.3 Å². The molecule has 2 fully saturated rings. The Kier molecular flexibility index (Phi) is 4.38. The minimum Gasteiger partial charge on any atom is -0.348 e. The normalized spacial score (nSPS) is 25.8. The fraction of sp³-hybridized carbons (Fsp3) is 0.476. The van der Waals surface area contributed by atoms with Gasteiger partial charge >= 0.3 is 0 Å². The van der Waals surface area contributed by atoms with Crippen LogP contribution in [0.15, 0.2) is 30.3 Å². The molecule has 1 aromatic heterocycles. The van der Waals surface area contributed by atoms with Crippen LogP contribution in [0.2, 0.25) is 5.02 Å². The lowest BCUT2D eigenvalue weighted by Crippen LogP contribution is -2.39. The summed E-state index contributed by atoms with van der Waals surface area (Å²) in [5, 5.41) is 8.23. The molecule has 1 aliphatic heterocycles. The third kappa shape index (κ3) is 3.20. The summed E-state index contributed by atoms with van der Waals surface area (Å²) in [7, 11) is 0. The Balaban J connectivity index is 1.28. The number of amides is 2. The fourth-order valence-electron chi connectivity index (χ4n) is 4.97. The third-order valence-electron chi connectivity index (χ3n) is 6.44. The summed E-state index contributed by atoms with van der Waals surface area (Å²) in [6, 6.07) is 9.41. The molecule has 5 rings (SSSR count). The summed E-state index contributed by atoms with van der Waals surface area (Å²) in [5.41, 5.74) is 1.86. The van der Waals surface area contributed by atoms with Gasteiger partial charge < -0.3 is 10.2 Å². The Morgan fingerprint density at radius 2 is 2.00 bits per heavy atom. The van der Waals surface area contributed by atoms with Gasteiger partial charge in [-0.05, 0) is 48.8 Å². The van der Waals surface area contributed by atoms with E-state index in [2.05, 4.69) is 10.4 Å². The number of hydrogen-bond acceptors (Lipinski definition) is 3. The molecular weight excluding hydrogens is 376 g/mol.